The summed E-state index contributed by atoms with van der Waals surface area (Å²) in [5.74, 6) is 0.167. The molecule has 0 unspecified atom stereocenters. The van der Waals surface area contributed by atoms with E-state index >= 15 is 0 Å². The number of aromatic amines is 1. The van der Waals surface area contributed by atoms with Gasteiger partial charge in [0.05, 0.1) is 0 Å². The van der Waals surface area contributed by atoms with Crippen LogP contribution >= 0.6 is 0 Å². The van der Waals surface area contributed by atoms with Gasteiger partial charge in [-0.3, -0.25) is 4.79 Å². The van der Waals surface area contributed by atoms with Gasteiger partial charge in [0.1, 0.15) is 5.82 Å². The van der Waals surface area contributed by atoms with Gasteiger partial charge in [-0.1, -0.05) is 20.8 Å². The Balaban J connectivity index is 2.89. The summed E-state index contributed by atoms with van der Waals surface area (Å²) in [7, 11) is 0. The number of aromatic nitrogens is 2. The quantitative estimate of drug-likeness (QED) is 0.814. The van der Waals surface area contributed by atoms with Gasteiger partial charge in [0.25, 0.3) is 0 Å². The molecule has 1 rings (SSSR count). The van der Waals surface area contributed by atoms with Crippen LogP contribution in [-0.4, -0.2) is 15.9 Å². The summed E-state index contributed by atoms with van der Waals surface area (Å²) in [6, 6.07) is 1.63. The summed E-state index contributed by atoms with van der Waals surface area (Å²) in [5, 5.41) is 2.64. The molecule has 0 spiro atoms. The molecule has 2 N–H and O–H groups in total. The van der Waals surface area contributed by atoms with Crippen LogP contribution in [0.4, 0.5) is 5.82 Å². The zero-order chi connectivity index (χ0) is 12.3. The van der Waals surface area contributed by atoms with Gasteiger partial charge in [-0.05, 0) is 13.3 Å². The van der Waals surface area contributed by atoms with E-state index in [-0.39, 0.29) is 5.91 Å². The summed E-state index contributed by atoms with van der Waals surface area (Å²) in [4.78, 5) is 29.1. The van der Waals surface area contributed by atoms with Crippen LogP contribution in [0.2, 0.25) is 0 Å². The summed E-state index contributed by atoms with van der Waals surface area (Å²) >= 11 is 0. The third-order valence-corrected chi connectivity index (χ3v) is 2.62. The van der Waals surface area contributed by atoms with Crippen molar-refractivity contribution in [2.75, 3.05) is 5.32 Å². The number of H-pyrrole nitrogens is 1. The lowest BCUT2D eigenvalue weighted by atomic mass is 9.89. The molecule has 0 atom stereocenters. The number of hydrogen-bond acceptors (Lipinski definition) is 3. The summed E-state index contributed by atoms with van der Waals surface area (Å²) in [6.45, 7) is 7.38. The van der Waals surface area contributed by atoms with E-state index in [0.29, 0.717) is 11.5 Å². The van der Waals surface area contributed by atoms with Crippen LogP contribution in [0, 0.1) is 12.3 Å². The van der Waals surface area contributed by atoms with E-state index < -0.39 is 11.1 Å². The average Bonchev–Trinajstić information content (AvgIpc) is 2.15. The second-order valence-corrected chi connectivity index (χ2v) is 4.45. The number of rotatable bonds is 3. The Kier molecular flexibility index (Phi) is 3.47. The molecule has 0 saturated carbocycles. The number of nitrogens with zero attached hydrogens (tertiary/aromatic N) is 1. The zero-order valence-electron chi connectivity index (χ0n) is 10.0. The number of carbonyl (C=O) groups is 1. The van der Waals surface area contributed by atoms with Crippen molar-refractivity contribution in [2.45, 2.75) is 34.1 Å². The fourth-order valence-corrected chi connectivity index (χ4v) is 1.09. The van der Waals surface area contributed by atoms with Crippen molar-refractivity contribution >= 4 is 11.7 Å². The van der Waals surface area contributed by atoms with Gasteiger partial charge >= 0.3 is 5.69 Å². The van der Waals surface area contributed by atoms with Crippen LogP contribution in [0.25, 0.3) is 0 Å². The Labute approximate surface area is 94.3 Å². The van der Waals surface area contributed by atoms with Gasteiger partial charge in [0.15, 0.2) is 0 Å². The van der Waals surface area contributed by atoms with Crippen LogP contribution < -0.4 is 11.0 Å². The molecular formula is C11H17N3O2. The summed E-state index contributed by atoms with van der Waals surface area (Å²) < 4.78 is 0. The van der Waals surface area contributed by atoms with Gasteiger partial charge in [0.2, 0.25) is 5.91 Å². The second kappa shape index (κ2) is 4.47. The molecule has 1 aromatic heterocycles. The van der Waals surface area contributed by atoms with Crippen LogP contribution in [-0.2, 0) is 4.79 Å². The standard InChI is InChI=1S/C11H17N3O2/c1-5-11(3,4)9(15)13-8-6-7(2)12-10(16)14-8/h6H,5H2,1-4H3,(H2,12,13,14,15,16). The van der Waals surface area contributed by atoms with E-state index in [9.17, 15) is 9.59 Å². The maximum Gasteiger partial charge on any atom is 0.347 e. The van der Waals surface area contributed by atoms with Crippen LogP contribution in [0.1, 0.15) is 32.9 Å². The van der Waals surface area contributed by atoms with Gasteiger partial charge in [-0.15, -0.1) is 0 Å². The molecule has 1 heterocycles. The molecule has 0 radical (unpaired) electrons. The lowest BCUT2D eigenvalue weighted by Gasteiger charge is -2.20. The Bertz CT molecular complexity index is 449. The number of nitrogens with one attached hydrogen (secondary N) is 2. The fraction of sp³-hybridized carbons (Fsp3) is 0.545. The molecule has 5 heteroatoms. The molecule has 0 saturated heterocycles. The SMILES string of the molecule is CCC(C)(C)C(=O)Nc1cc(C)[nH]c(=O)n1. The second-order valence-electron chi connectivity index (χ2n) is 4.45. The highest BCUT2D eigenvalue weighted by molar-refractivity contribution is 5.93. The van der Waals surface area contributed by atoms with Crippen molar-refractivity contribution in [2.24, 2.45) is 5.41 Å². The van der Waals surface area contributed by atoms with Crippen LogP contribution in [0.15, 0.2) is 10.9 Å². The Morgan fingerprint density at radius 3 is 2.69 bits per heavy atom. The molecule has 1 amide bonds. The van der Waals surface area contributed by atoms with E-state index in [1.807, 2.05) is 20.8 Å². The molecule has 5 nitrogen and oxygen atoms in total. The predicted molar refractivity (Wildman–Crippen MR) is 62.3 cm³/mol. The van der Waals surface area contributed by atoms with Crippen molar-refractivity contribution in [1.29, 1.82) is 0 Å². The van der Waals surface area contributed by atoms with Gasteiger partial charge in [-0.25, -0.2) is 4.79 Å². The number of amides is 1. The average molecular weight is 223 g/mol. The van der Waals surface area contributed by atoms with E-state index in [1.54, 1.807) is 13.0 Å². The highest BCUT2D eigenvalue weighted by Gasteiger charge is 2.25. The van der Waals surface area contributed by atoms with E-state index in [2.05, 4.69) is 15.3 Å². The Hall–Kier alpha value is -1.65. The molecule has 16 heavy (non-hydrogen) atoms. The van der Waals surface area contributed by atoms with E-state index in [4.69, 9.17) is 0 Å². The first-order valence-corrected chi connectivity index (χ1v) is 5.24. The molecule has 0 aliphatic rings. The van der Waals surface area contributed by atoms with Crippen molar-refractivity contribution < 1.29 is 4.79 Å². The first-order valence-electron chi connectivity index (χ1n) is 5.24. The maximum absolute atomic E-state index is 11.8. The third-order valence-electron chi connectivity index (χ3n) is 2.62. The van der Waals surface area contributed by atoms with Gasteiger partial charge < -0.3 is 10.3 Å². The first kappa shape index (κ1) is 12.4. The van der Waals surface area contributed by atoms with Gasteiger partial charge in [-0.2, -0.15) is 4.98 Å². The molecule has 0 aliphatic carbocycles. The third kappa shape index (κ3) is 2.92. The van der Waals surface area contributed by atoms with Crippen molar-refractivity contribution in [3.8, 4) is 0 Å². The summed E-state index contributed by atoms with van der Waals surface area (Å²) in [6.07, 6.45) is 0.723. The number of aryl methyl sites for hydroxylation is 1. The fourth-order valence-electron chi connectivity index (χ4n) is 1.09. The molecule has 0 aromatic carbocycles. The Morgan fingerprint density at radius 1 is 1.56 bits per heavy atom. The minimum Gasteiger partial charge on any atom is -0.310 e. The van der Waals surface area contributed by atoms with Gasteiger partial charge in [0, 0.05) is 17.2 Å². The molecule has 0 aliphatic heterocycles. The number of hydrogen-bond donors (Lipinski definition) is 2. The van der Waals surface area contributed by atoms with Crippen molar-refractivity contribution in [3.63, 3.8) is 0 Å². The topological polar surface area (TPSA) is 74.8 Å². The lowest BCUT2D eigenvalue weighted by molar-refractivity contribution is -0.124. The van der Waals surface area contributed by atoms with Crippen LogP contribution in [0.5, 0.6) is 0 Å². The minimum absolute atomic E-state index is 0.132. The van der Waals surface area contributed by atoms with E-state index in [1.165, 1.54) is 0 Å². The number of anilines is 1. The molecular weight excluding hydrogens is 206 g/mol. The number of carbonyl (C=O) groups excluding carboxylic acids is 1. The van der Waals surface area contributed by atoms with E-state index in [0.717, 1.165) is 6.42 Å². The molecule has 1 aromatic rings. The Morgan fingerprint density at radius 2 is 2.19 bits per heavy atom. The first-order chi connectivity index (χ1) is 7.35. The van der Waals surface area contributed by atoms with Crippen molar-refractivity contribution in [1.82, 2.24) is 9.97 Å². The molecule has 0 bridgehead atoms. The lowest BCUT2D eigenvalue weighted by Crippen LogP contribution is -2.31. The molecule has 88 valence electrons. The monoisotopic (exact) mass is 223 g/mol. The van der Waals surface area contributed by atoms with Crippen LogP contribution in [0.3, 0.4) is 0 Å². The predicted octanol–water partition coefficient (Wildman–Crippen LogP) is 1.45. The smallest absolute Gasteiger partial charge is 0.310 e. The normalized spacial score (nSPS) is 11.2. The van der Waals surface area contributed by atoms with Crippen molar-refractivity contribution in [3.05, 3.63) is 22.2 Å². The highest BCUT2D eigenvalue weighted by atomic mass is 16.2. The summed E-state index contributed by atoms with van der Waals surface area (Å²) in [5.41, 5.74) is -0.243. The molecule has 0 fully saturated rings. The highest BCUT2D eigenvalue weighted by Crippen LogP contribution is 2.21. The zero-order valence-corrected chi connectivity index (χ0v) is 10.0. The minimum atomic E-state index is -0.460. The maximum atomic E-state index is 11.8. The largest absolute Gasteiger partial charge is 0.347 e.